The van der Waals surface area contributed by atoms with Crippen molar-refractivity contribution in [3.05, 3.63) is 101 Å². The number of esters is 1. The van der Waals surface area contributed by atoms with Gasteiger partial charge in [0.05, 0.1) is 0 Å². The largest absolute Gasteiger partial charge is 0.423 e. The summed E-state index contributed by atoms with van der Waals surface area (Å²) in [7, 11) is 0. The van der Waals surface area contributed by atoms with Crippen molar-refractivity contribution in [1.82, 2.24) is 0 Å². The predicted molar refractivity (Wildman–Crippen MR) is 111 cm³/mol. The molecule has 0 bridgehead atoms. The van der Waals surface area contributed by atoms with Crippen LogP contribution in [-0.4, -0.2) is 11.9 Å². The highest BCUT2D eigenvalue weighted by molar-refractivity contribution is 6.04. The van der Waals surface area contributed by atoms with Crippen molar-refractivity contribution >= 4 is 23.6 Å². The van der Waals surface area contributed by atoms with Gasteiger partial charge in [0.15, 0.2) is 0 Å². The summed E-state index contributed by atoms with van der Waals surface area (Å²) in [5.74, 6) is -0.832. The Morgan fingerprint density at radius 2 is 1.62 bits per heavy atom. The quantitative estimate of drug-likeness (QED) is 0.365. The first-order valence-corrected chi connectivity index (χ1v) is 9.05. The minimum Gasteiger partial charge on any atom is -0.423 e. The molecule has 0 aromatic heterocycles. The molecule has 0 saturated carbocycles. The summed E-state index contributed by atoms with van der Waals surface area (Å²) in [4.78, 5) is 24.3. The van der Waals surface area contributed by atoms with Crippen LogP contribution in [0.15, 0.2) is 72.8 Å². The van der Waals surface area contributed by atoms with Gasteiger partial charge in [-0.3, -0.25) is 4.79 Å². The van der Waals surface area contributed by atoms with Gasteiger partial charge in [0.1, 0.15) is 11.6 Å². The molecule has 1 N–H and O–H groups in total. The molecule has 5 heteroatoms. The second-order valence-corrected chi connectivity index (χ2v) is 6.60. The highest BCUT2D eigenvalue weighted by Crippen LogP contribution is 2.18. The fourth-order valence-electron chi connectivity index (χ4n) is 2.71. The van der Waals surface area contributed by atoms with E-state index >= 15 is 0 Å². The van der Waals surface area contributed by atoms with Crippen LogP contribution < -0.4 is 10.1 Å². The number of halogens is 1. The van der Waals surface area contributed by atoms with Gasteiger partial charge in [0.2, 0.25) is 0 Å². The lowest BCUT2D eigenvalue weighted by Gasteiger charge is -2.09. The van der Waals surface area contributed by atoms with Crippen LogP contribution in [0.2, 0.25) is 0 Å². The van der Waals surface area contributed by atoms with E-state index in [1.165, 1.54) is 24.3 Å². The molecule has 0 heterocycles. The van der Waals surface area contributed by atoms with E-state index in [2.05, 4.69) is 5.32 Å². The lowest BCUT2D eigenvalue weighted by molar-refractivity contribution is -0.128. The lowest BCUT2D eigenvalue weighted by Crippen LogP contribution is -2.13. The van der Waals surface area contributed by atoms with Crippen LogP contribution in [-0.2, 0) is 4.79 Å². The molecule has 0 unspecified atom stereocenters. The van der Waals surface area contributed by atoms with Crippen LogP contribution in [0.1, 0.15) is 27.0 Å². The highest BCUT2D eigenvalue weighted by Gasteiger charge is 2.09. The van der Waals surface area contributed by atoms with Gasteiger partial charge < -0.3 is 10.1 Å². The minimum absolute atomic E-state index is 0.244. The molecule has 0 fully saturated rings. The highest BCUT2D eigenvalue weighted by atomic mass is 19.1. The maximum atomic E-state index is 12.9. The number of rotatable bonds is 5. The van der Waals surface area contributed by atoms with Crippen molar-refractivity contribution in [2.75, 3.05) is 5.32 Å². The summed E-state index contributed by atoms with van der Waals surface area (Å²) in [6, 6.07) is 17.8. The zero-order valence-electron chi connectivity index (χ0n) is 16.1. The molecule has 0 aliphatic heterocycles. The van der Waals surface area contributed by atoms with Crippen LogP contribution in [0.3, 0.4) is 0 Å². The number of carbonyl (C=O) groups excluding carboxylic acids is 2. The zero-order chi connectivity index (χ0) is 20.8. The maximum Gasteiger partial charge on any atom is 0.336 e. The van der Waals surface area contributed by atoms with Gasteiger partial charge in [0, 0.05) is 17.3 Å². The number of hydrogen-bond donors (Lipinski definition) is 1. The van der Waals surface area contributed by atoms with E-state index in [1.807, 2.05) is 32.0 Å². The van der Waals surface area contributed by atoms with Crippen LogP contribution >= 0.6 is 0 Å². The Kier molecular flexibility index (Phi) is 6.19. The Hall–Kier alpha value is -3.73. The minimum atomic E-state index is -0.568. The van der Waals surface area contributed by atoms with Crippen molar-refractivity contribution in [2.45, 2.75) is 13.8 Å². The number of nitrogens with one attached hydrogen (secondary N) is 1. The third-order valence-corrected chi connectivity index (χ3v) is 4.25. The fourth-order valence-corrected chi connectivity index (χ4v) is 2.71. The monoisotopic (exact) mass is 389 g/mol. The maximum absolute atomic E-state index is 12.9. The van der Waals surface area contributed by atoms with Gasteiger partial charge >= 0.3 is 5.97 Å². The van der Waals surface area contributed by atoms with Crippen LogP contribution in [0.25, 0.3) is 6.08 Å². The van der Waals surface area contributed by atoms with Crippen molar-refractivity contribution in [3.8, 4) is 5.75 Å². The van der Waals surface area contributed by atoms with Crippen molar-refractivity contribution in [2.24, 2.45) is 0 Å². The molecule has 0 aliphatic rings. The molecule has 0 aliphatic carbocycles. The molecule has 4 nitrogen and oxygen atoms in total. The third kappa shape index (κ3) is 5.62. The molecular formula is C24H20FNO3. The van der Waals surface area contributed by atoms with Crippen LogP contribution in [0, 0.1) is 19.7 Å². The Morgan fingerprint density at radius 1 is 0.931 bits per heavy atom. The lowest BCUT2D eigenvalue weighted by atomic mass is 10.1. The molecule has 1 amide bonds. The van der Waals surface area contributed by atoms with Gasteiger partial charge in [-0.25, -0.2) is 9.18 Å². The Balaban J connectivity index is 1.59. The number of amides is 1. The third-order valence-electron chi connectivity index (χ3n) is 4.25. The van der Waals surface area contributed by atoms with Crippen LogP contribution in [0.4, 0.5) is 10.1 Å². The number of anilines is 1. The standard InChI is InChI=1S/C24H20FNO3/c1-16-3-13-22(17(2)15-16)26-24(28)19-7-11-21(12-8-19)29-23(27)14-6-18-4-9-20(25)10-5-18/h3-15H,1-2H3,(H,26,28)/b14-6+. The van der Waals surface area contributed by atoms with Gasteiger partial charge in [-0.2, -0.15) is 0 Å². The second kappa shape index (κ2) is 8.97. The Labute approximate surface area is 168 Å². The van der Waals surface area contributed by atoms with Crippen molar-refractivity contribution in [1.29, 1.82) is 0 Å². The molecule has 146 valence electrons. The number of hydrogen-bond acceptors (Lipinski definition) is 3. The number of ether oxygens (including phenoxy) is 1. The number of benzene rings is 3. The fraction of sp³-hybridized carbons (Fsp3) is 0.0833. The Bertz CT molecular complexity index is 1050. The molecule has 3 aromatic rings. The summed E-state index contributed by atoms with van der Waals surface area (Å²) in [5.41, 5.74) is 3.99. The zero-order valence-corrected chi connectivity index (χ0v) is 16.1. The average Bonchev–Trinajstić information content (AvgIpc) is 2.70. The smallest absolute Gasteiger partial charge is 0.336 e. The van der Waals surface area contributed by atoms with Gasteiger partial charge in [-0.05, 0) is 73.5 Å². The topological polar surface area (TPSA) is 55.4 Å². The van der Waals surface area contributed by atoms with Crippen molar-refractivity contribution < 1.29 is 18.7 Å². The first-order chi connectivity index (χ1) is 13.9. The molecule has 29 heavy (non-hydrogen) atoms. The van der Waals surface area contributed by atoms with E-state index < -0.39 is 5.97 Å². The average molecular weight is 389 g/mol. The van der Waals surface area contributed by atoms with E-state index in [0.29, 0.717) is 16.9 Å². The molecule has 3 aromatic carbocycles. The summed E-state index contributed by atoms with van der Waals surface area (Å²) < 4.78 is 18.1. The predicted octanol–water partition coefficient (Wildman–Crippen LogP) is 5.31. The SMILES string of the molecule is Cc1ccc(NC(=O)c2ccc(OC(=O)/C=C/c3ccc(F)cc3)cc2)c(C)c1. The van der Waals surface area contributed by atoms with E-state index in [1.54, 1.807) is 36.4 Å². The summed E-state index contributed by atoms with van der Waals surface area (Å²) in [6.07, 6.45) is 2.79. The van der Waals surface area contributed by atoms with E-state index in [9.17, 15) is 14.0 Å². The van der Waals surface area contributed by atoms with Crippen molar-refractivity contribution in [3.63, 3.8) is 0 Å². The summed E-state index contributed by atoms with van der Waals surface area (Å²) in [5, 5.41) is 2.87. The second-order valence-electron chi connectivity index (χ2n) is 6.60. The van der Waals surface area contributed by atoms with Gasteiger partial charge in [0.25, 0.3) is 5.91 Å². The molecule has 3 rings (SSSR count). The number of aryl methyl sites for hydroxylation is 2. The van der Waals surface area contributed by atoms with Gasteiger partial charge in [-0.15, -0.1) is 0 Å². The molecule has 0 spiro atoms. The first kappa shape index (κ1) is 20.0. The molecule has 0 atom stereocenters. The summed E-state index contributed by atoms with van der Waals surface area (Å²) >= 11 is 0. The van der Waals surface area contributed by atoms with Gasteiger partial charge in [-0.1, -0.05) is 29.8 Å². The molecule has 0 radical (unpaired) electrons. The molecular weight excluding hydrogens is 369 g/mol. The Morgan fingerprint density at radius 3 is 2.28 bits per heavy atom. The number of carbonyl (C=O) groups is 2. The van der Waals surface area contributed by atoms with E-state index in [-0.39, 0.29) is 11.7 Å². The first-order valence-electron chi connectivity index (χ1n) is 9.05. The van der Waals surface area contributed by atoms with E-state index in [0.717, 1.165) is 16.8 Å². The normalized spacial score (nSPS) is 10.7. The van der Waals surface area contributed by atoms with E-state index in [4.69, 9.17) is 4.74 Å². The van der Waals surface area contributed by atoms with Crippen LogP contribution in [0.5, 0.6) is 5.75 Å². The molecule has 0 saturated heterocycles. The summed E-state index contributed by atoms with van der Waals surface area (Å²) in [6.45, 7) is 3.93.